The number of benzene rings is 1. The third-order valence-electron chi connectivity index (χ3n) is 2.56. The zero-order chi connectivity index (χ0) is 13.2. The molecule has 0 atom stereocenters. The van der Waals surface area contributed by atoms with Crippen molar-refractivity contribution < 1.29 is 14.4 Å². The SMILES string of the molecule is O=C(C(=NO)c1nc2ccccc2s1)c1ccco1. The number of hydrogen-bond acceptors (Lipinski definition) is 6. The van der Waals surface area contributed by atoms with Crippen LogP contribution in [-0.2, 0) is 0 Å². The molecular formula is C13H8N2O3S. The molecule has 0 saturated heterocycles. The van der Waals surface area contributed by atoms with Crippen LogP contribution in [0.25, 0.3) is 10.2 Å². The minimum absolute atomic E-state index is 0.115. The van der Waals surface area contributed by atoms with Gasteiger partial charge in [0.2, 0.25) is 0 Å². The summed E-state index contributed by atoms with van der Waals surface area (Å²) in [6.45, 7) is 0. The Hall–Kier alpha value is -2.47. The van der Waals surface area contributed by atoms with Crippen molar-refractivity contribution in [1.29, 1.82) is 0 Å². The number of fused-ring (bicyclic) bond motifs is 1. The van der Waals surface area contributed by atoms with Crippen LogP contribution in [0, 0.1) is 0 Å². The van der Waals surface area contributed by atoms with Crippen molar-refractivity contribution in [3.05, 3.63) is 53.4 Å². The average molecular weight is 272 g/mol. The highest BCUT2D eigenvalue weighted by atomic mass is 32.1. The Morgan fingerprint density at radius 2 is 2.11 bits per heavy atom. The van der Waals surface area contributed by atoms with Crippen LogP contribution in [0.5, 0.6) is 0 Å². The van der Waals surface area contributed by atoms with E-state index in [0.717, 1.165) is 10.2 Å². The first-order valence-corrected chi connectivity index (χ1v) is 6.27. The number of carbonyl (C=O) groups excluding carboxylic acids is 1. The highest BCUT2D eigenvalue weighted by molar-refractivity contribution is 7.21. The number of furan rings is 1. The van der Waals surface area contributed by atoms with Crippen molar-refractivity contribution in [2.45, 2.75) is 0 Å². The fourth-order valence-corrected chi connectivity index (χ4v) is 2.63. The number of para-hydroxylation sites is 1. The lowest BCUT2D eigenvalue weighted by molar-refractivity contribution is 0.103. The van der Waals surface area contributed by atoms with Crippen LogP contribution in [-0.4, -0.2) is 21.7 Å². The maximum absolute atomic E-state index is 12.1. The minimum Gasteiger partial charge on any atom is -0.461 e. The van der Waals surface area contributed by atoms with Crippen molar-refractivity contribution in [1.82, 2.24) is 4.98 Å². The summed E-state index contributed by atoms with van der Waals surface area (Å²) in [4.78, 5) is 16.4. The van der Waals surface area contributed by atoms with Crippen LogP contribution < -0.4 is 0 Å². The summed E-state index contributed by atoms with van der Waals surface area (Å²) < 4.78 is 5.93. The van der Waals surface area contributed by atoms with Crippen molar-refractivity contribution in [3.63, 3.8) is 0 Å². The van der Waals surface area contributed by atoms with E-state index in [4.69, 9.17) is 9.62 Å². The lowest BCUT2D eigenvalue weighted by atomic mass is 10.2. The number of ketones is 1. The van der Waals surface area contributed by atoms with E-state index in [1.807, 2.05) is 24.3 Å². The second-order valence-corrected chi connectivity index (χ2v) is 4.77. The summed E-state index contributed by atoms with van der Waals surface area (Å²) in [5, 5.41) is 12.5. The molecule has 2 heterocycles. The van der Waals surface area contributed by atoms with E-state index >= 15 is 0 Å². The highest BCUT2D eigenvalue weighted by Crippen LogP contribution is 2.23. The second-order valence-electron chi connectivity index (χ2n) is 3.74. The molecule has 0 fully saturated rings. The van der Waals surface area contributed by atoms with E-state index in [9.17, 15) is 4.79 Å². The number of carbonyl (C=O) groups is 1. The smallest absolute Gasteiger partial charge is 0.252 e. The van der Waals surface area contributed by atoms with Crippen molar-refractivity contribution in [2.75, 3.05) is 0 Å². The van der Waals surface area contributed by atoms with Gasteiger partial charge in [0.25, 0.3) is 5.78 Å². The Bertz CT molecular complexity index is 726. The third kappa shape index (κ3) is 2.02. The van der Waals surface area contributed by atoms with E-state index in [1.54, 1.807) is 6.07 Å². The number of aromatic nitrogens is 1. The van der Waals surface area contributed by atoms with Crippen LogP contribution in [0.3, 0.4) is 0 Å². The molecule has 0 saturated carbocycles. The first kappa shape index (κ1) is 11.6. The van der Waals surface area contributed by atoms with Gasteiger partial charge in [0.15, 0.2) is 16.5 Å². The molecule has 0 aliphatic rings. The largest absolute Gasteiger partial charge is 0.461 e. The molecule has 3 rings (SSSR count). The normalized spacial score (nSPS) is 11.9. The van der Waals surface area contributed by atoms with E-state index < -0.39 is 5.78 Å². The molecule has 0 radical (unpaired) electrons. The van der Waals surface area contributed by atoms with Crippen LogP contribution in [0.4, 0.5) is 0 Å². The molecule has 2 aromatic heterocycles. The predicted octanol–water partition coefficient (Wildman–Crippen LogP) is 2.95. The fraction of sp³-hybridized carbons (Fsp3) is 0. The molecule has 94 valence electrons. The maximum Gasteiger partial charge on any atom is 0.252 e. The molecule has 0 amide bonds. The van der Waals surface area contributed by atoms with Gasteiger partial charge >= 0.3 is 0 Å². The van der Waals surface area contributed by atoms with Gasteiger partial charge in [-0.25, -0.2) is 4.98 Å². The van der Waals surface area contributed by atoms with Gasteiger partial charge in [-0.3, -0.25) is 4.79 Å². The molecule has 0 spiro atoms. The van der Waals surface area contributed by atoms with Crippen molar-refractivity contribution in [2.24, 2.45) is 5.16 Å². The second kappa shape index (κ2) is 4.66. The molecule has 1 N–H and O–H groups in total. The Labute approximate surface area is 111 Å². The van der Waals surface area contributed by atoms with Crippen LogP contribution in [0.2, 0.25) is 0 Å². The Kier molecular flexibility index (Phi) is 2.85. The summed E-state index contributed by atoms with van der Waals surface area (Å²) in [7, 11) is 0. The predicted molar refractivity (Wildman–Crippen MR) is 71.0 cm³/mol. The quantitative estimate of drug-likeness (QED) is 0.344. The van der Waals surface area contributed by atoms with Crippen molar-refractivity contribution >= 4 is 33.0 Å². The summed E-state index contributed by atoms with van der Waals surface area (Å²) in [5.74, 6) is -0.376. The molecule has 0 unspecified atom stereocenters. The number of thiazole rings is 1. The monoisotopic (exact) mass is 272 g/mol. The van der Waals surface area contributed by atoms with E-state index in [0.29, 0.717) is 5.01 Å². The maximum atomic E-state index is 12.1. The van der Waals surface area contributed by atoms with Gasteiger partial charge in [0.1, 0.15) is 0 Å². The molecule has 0 aliphatic heterocycles. The van der Waals surface area contributed by atoms with E-state index in [2.05, 4.69) is 10.1 Å². The average Bonchev–Trinajstić information content (AvgIpc) is 3.08. The first-order valence-electron chi connectivity index (χ1n) is 5.46. The Morgan fingerprint density at radius 1 is 1.26 bits per heavy atom. The van der Waals surface area contributed by atoms with E-state index in [-0.39, 0.29) is 11.5 Å². The number of oxime groups is 1. The third-order valence-corrected chi connectivity index (χ3v) is 3.60. The van der Waals surface area contributed by atoms with Crippen LogP contribution >= 0.6 is 11.3 Å². The minimum atomic E-state index is -0.494. The lowest BCUT2D eigenvalue weighted by Gasteiger charge is -1.96. The van der Waals surface area contributed by atoms with Gasteiger partial charge < -0.3 is 9.62 Å². The molecule has 0 aliphatic carbocycles. The Morgan fingerprint density at radius 3 is 2.79 bits per heavy atom. The number of rotatable bonds is 3. The topological polar surface area (TPSA) is 75.7 Å². The summed E-state index contributed by atoms with van der Waals surface area (Å²) in [5.41, 5.74) is 0.645. The molecule has 1 aromatic carbocycles. The molecule has 6 heteroatoms. The zero-order valence-electron chi connectivity index (χ0n) is 9.61. The van der Waals surface area contributed by atoms with Gasteiger partial charge in [-0.2, -0.15) is 0 Å². The Balaban J connectivity index is 2.05. The van der Waals surface area contributed by atoms with Gasteiger partial charge in [-0.05, 0) is 24.3 Å². The highest BCUT2D eigenvalue weighted by Gasteiger charge is 2.22. The standard InChI is InChI=1S/C13H8N2O3S/c16-12(9-5-3-7-18-9)11(15-17)13-14-8-4-1-2-6-10(8)19-13/h1-7,17H. The summed E-state index contributed by atoms with van der Waals surface area (Å²) in [6, 6.07) is 10.6. The van der Waals surface area contributed by atoms with Gasteiger partial charge in [-0.15, -0.1) is 11.3 Å². The summed E-state index contributed by atoms with van der Waals surface area (Å²) in [6.07, 6.45) is 1.39. The summed E-state index contributed by atoms with van der Waals surface area (Å²) >= 11 is 1.29. The molecule has 0 bridgehead atoms. The molecule has 3 aromatic rings. The number of hydrogen-bond donors (Lipinski definition) is 1. The lowest BCUT2D eigenvalue weighted by Crippen LogP contribution is -2.15. The first-order chi connectivity index (χ1) is 9.29. The van der Waals surface area contributed by atoms with Gasteiger partial charge in [0, 0.05) is 0 Å². The number of Topliss-reactive ketones (excluding diaryl/α,β-unsaturated/α-hetero) is 1. The molecular weight excluding hydrogens is 264 g/mol. The van der Waals surface area contributed by atoms with Gasteiger partial charge in [0.05, 0.1) is 16.5 Å². The zero-order valence-corrected chi connectivity index (χ0v) is 10.4. The fourth-order valence-electron chi connectivity index (χ4n) is 1.68. The number of nitrogens with zero attached hydrogens (tertiary/aromatic N) is 2. The molecule has 19 heavy (non-hydrogen) atoms. The van der Waals surface area contributed by atoms with Crippen LogP contribution in [0.1, 0.15) is 15.6 Å². The van der Waals surface area contributed by atoms with E-state index in [1.165, 1.54) is 23.7 Å². The van der Waals surface area contributed by atoms with Crippen molar-refractivity contribution in [3.8, 4) is 0 Å². The molecule has 5 nitrogen and oxygen atoms in total. The van der Waals surface area contributed by atoms with Crippen LogP contribution in [0.15, 0.2) is 52.2 Å². The van der Waals surface area contributed by atoms with Gasteiger partial charge in [-0.1, -0.05) is 17.3 Å².